The van der Waals surface area contributed by atoms with Crippen LogP contribution in [0.5, 0.6) is 11.5 Å². The van der Waals surface area contributed by atoms with Crippen molar-refractivity contribution in [2.75, 3.05) is 17.7 Å². The van der Waals surface area contributed by atoms with Crippen molar-refractivity contribution in [1.29, 1.82) is 0 Å². The van der Waals surface area contributed by atoms with Gasteiger partial charge in [0.2, 0.25) is 11.8 Å². The molecule has 1 heterocycles. The minimum atomic E-state index is -5.08. The molecule has 7 N–H and O–H groups in total. The number of nitrogens with two attached hydrogens (primary N) is 2. The number of aromatic nitrogens is 1. The van der Waals surface area contributed by atoms with Crippen LogP contribution >= 0.6 is 0 Å². The number of anilines is 2. The first-order valence-corrected chi connectivity index (χ1v) is 14.0. The van der Waals surface area contributed by atoms with Gasteiger partial charge in [-0.2, -0.15) is 13.2 Å². The van der Waals surface area contributed by atoms with Crippen molar-refractivity contribution >= 4 is 40.1 Å². The number of ether oxygens (including phenoxy) is 2. The van der Waals surface area contributed by atoms with E-state index in [1.54, 1.807) is 24.4 Å². The molecule has 0 aliphatic heterocycles. The molecule has 1 atom stereocenters. The second-order valence-electron chi connectivity index (χ2n) is 10.1. The molecule has 4 aromatic rings. The van der Waals surface area contributed by atoms with Crippen LogP contribution in [0.2, 0.25) is 0 Å². The number of nitrogen functional groups attached to an aromatic ring is 1. The summed E-state index contributed by atoms with van der Waals surface area (Å²) in [4.78, 5) is 38.2. The van der Waals surface area contributed by atoms with E-state index in [1.165, 1.54) is 0 Å². The van der Waals surface area contributed by atoms with Crippen molar-refractivity contribution in [2.24, 2.45) is 5.73 Å². The number of hydrogen-bond acceptors (Lipinski definition) is 8. The number of nitrogens with zero attached hydrogens (tertiary/aromatic N) is 1. The Hall–Kier alpha value is -5.53. The van der Waals surface area contributed by atoms with E-state index in [-0.39, 0.29) is 18.6 Å². The zero-order valence-electron chi connectivity index (χ0n) is 25.2. The van der Waals surface area contributed by atoms with E-state index in [0.29, 0.717) is 35.1 Å². The van der Waals surface area contributed by atoms with Crippen LogP contribution in [0, 0.1) is 0 Å². The minimum absolute atomic E-state index is 0.0389. The highest BCUT2D eigenvalue weighted by atomic mass is 19.4. The van der Waals surface area contributed by atoms with Gasteiger partial charge >= 0.3 is 12.1 Å². The van der Waals surface area contributed by atoms with Crippen molar-refractivity contribution in [1.82, 2.24) is 10.3 Å². The van der Waals surface area contributed by atoms with E-state index in [2.05, 4.69) is 15.6 Å². The van der Waals surface area contributed by atoms with E-state index < -0.39 is 24.1 Å². The second kappa shape index (κ2) is 15.5. The fourth-order valence-electron chi connectivity index (χ4n) is 4.21. The molecule has 14 heteroatoms. The molecule has 0 aliphatic carbocycles. The molecule has 0 saturated carbocycles. The quantitative estimate of drug-likeness (QED) is 0.147. The number of nitrogens with one attached hydrogen (secondary N) is 2. The highest BCUT2D eigenvalue weighted by Crippen LogP contribution is 2.33. The van der Waals surface area contributed by atoms with Gasteiger partial charge in [-0.15, -0.1) is 0 Å². The summed E-state index contributed by atoms with van der Waals surface area (Å²) >= 11 is 0. The number of fused-ring (bicyclic) bond motifs is 1. The predicted molar refractivity (Wildman–Crippen MR) is 166 cm³/mol. The topological polar surface area (TPSA) is 179 Å². The summed E-state index contributed by atoms with van der Waals surface area (Å²) in [6, 6.07) is 19.1. The smallest absolute Gasteiger partial charge is 0.490 e. The summed E-state index contributed by atoms with van der Waals surface area (Å²) in [6.07, 6.45) is -3.48. The van der Waals surface area contributed by atoms with Gasteiger partial charge in [-0.3, -0.25) is 9.59 Å². The van der Waals surface area contributed by atoms with Gasteiger partial charge in [-0.05, 0) is 85.8 Å². The van der Waals surface area contributed by atoms with E-state index >= 15 is 0 Å². The number of carboxylic acids is 1. The van der Waals surface area contributed by atoms with Gasteiger partial charge in [-0.25, -0.2) is 9.78 Å². The molecular formula is C32H34F3N5O6. The van der Waals surface area contributed by atoms with Crippen LogP contribution < -0.4 is 31.6 Å². The lowest BCUT2D eigenvalue weighted by Crippen LogP contribution is -2.33. The minimum Gasteiger partial charge on any atom is -0.490 e. The van der Waals surface area contributed by atoms with Crippen LogP contribution in [-0.2, 0) is 16.1 Å². The molecule has 4 rings (SSSR count). The van der Waals surface area contributed by atoms with Gasteiger partial charge in [0.05, 0.1) is 12.7 Å². The van der Waals surface area contributed by atoms with Crippen molar-refractivity contribution in [2.45, 2.75) is 45.6 Å². The Kier molecular flexibility index (Phi) is 11.7. The summed E-state index contributed by atoms with van der Waals surface area (Å²) in [5, 5.41) is 15.2. The van der Waals surface area contributed by atoms with Crippen molar-refractivity contribution in [3.8, 4) is 11.5 Å². The molecule has 1 aromatic heterocycles. The number of hydrogen-bond donors (Lipinski definition) is 5. The first kappa shape index (κ1) is 35.0. The lowest BCUT2D eigenvalue weighted by molar-refractivity contribution is -0.192. The average molecular weight is 642 g/mol. The number of amides is 2. The third-order valence-corrected chi connectivity index (χ3v) is 6.25. The summed E-state index contributed by atoms with van der Waals surface area (Å²) in [7, 11) is 0. The molecular weight excluding hydrogens is 607 g/mol. The standard InChI is InChI=1S/C30H33N5O4.C2HF3O2/c1-4-38-26-16-21(8-11-25(26)39-18(2)3)27(30(37)34-17-19-6-5-7-22(14-19)29(32)36)35-23-9-10-24-20(15-23)12-13-33-28(24)31;3-2(4,5)1(6)7/h5-16,18,27,35H,4,17H2,1-3H3,(H2,31,33)(H2,32,36)(H,34,37);(H,6,7). The molecule has 0 radical (unpaired) electrons. The molecule has 46 heavy (non-hydrogen) atoms. The van der Waals surface area contributed by atoms with Crippen LogP contribution in [0.1, 0.15) is 48.3 Å². The number of halogens is 3. The summed E-state index contributed by atoms with van der Waals surface area (Å²) in [5.41, 5.74) is 14.0. The van der Waals surface area contributed by atoms with Crippen LogP contribution in [-0.4, -0.2) is 46.8 Å². The molecule has 0 fully saturated rings. The van der Waals surface area contributed by atoms with E-state index in [0.717, 1.165) is 22.0 Å². The van der Waals surface area contributed by atoms with Crippen LogP contribution in [0.15, 0.2) is 72.9 Å². The number of pyridine rings is 1. The van der Waals surface area contributed by atoms with E-state index in [1.807, 2.05) is 69.3 Å². The third kappa shape index (κ3) is 9.74. The monoisotopic (exact) mass is 641 g/mol. The first-order valence-electron chi connectivity index (χ1n) is 14.0. The Morgan fingerprint density at radius 3 is 2.35 bits per heavy atom. The van der Waals surface area contributed by atoms with E-state index in [4.69, 9.17) is 30.8 Å². The fourth-order valence-corrected chi connectivity index (χ4v) is 4.21. The van der Waals surface area contributed by atoms with Crippen LogP contribution in [0.4, 0.5) is 24.7 Å². The maximum Gasteiger partial charge on any atom is 0.490 e. The van der Waals surface area contributed by atoms with E-state index in [9.17, 15) is 22.8 Å². The Balaban J connectivity index is 0.000000738. The maximum absolute atomic E-state index is 13.6. The number of aliphatic carboxylic acids is 1. The molecule has 0 bridgehead atoms. The zero-order chi connectivity index (χ0) is 34.0. The number of carbonyl (C=O) groups excluding carboxylic acids is 2. The molecule has 0 saturated heterocycles. The largest absolute Gasteiger partial charge is 0.490 e. The number of primary amides is 1. The molecule has 11 nitrogen and oxygen atoms in total. The van der Waals surface area contributed by atoms with Gasteiger partial charge in [0.15, 0.2) is 11.5 Å². The number of carboxylic acid groups (broad SMARTS) is 1. The Morgan fingerprint density at radius 2 is 1.72 bits per heavy atom. The third-order valence-electron chi connectivity index (χ3n) is 6.25. The van der Waals surface area contributed by atoms with Gasteiger partial charge in [0.1, 0.15) is 11.9 Å². The number of alkyl halides is 3. The van der Waals surface area contributed by atoms with Gasteiger partial charge in [-0.1, -0.05) is 18.2 Å². The first-order chi connectivity index (χ1) is 21.7. The van der Waals surface area contributed by atoms with Crippen molar-refractivity contribution in [3.05, 3.63) is 89.6 Å². The average Bonchev–Trinajstić information content (AvgIpc) is 2.99. The number of carbonyl (C=O) groups is 3. The molecule has 1 unspecified atom stereocenters. The van der Waals surface area contributed by atoms with Gasteiger partial charge < -0.3 is 36.7 Å². The predicted octanol–water partition coefficient (Wildman–Crippen LogP) is 5.20. The zero-order valence-corrected chi connectivity index (χ0v) is 25.2. The Bertz CT molecular complexity index is 1700. The lowest BCUT2D eigenvalue weighted by Gasteiger charge is -2.22. The Morgan fingerprint density at radius 1 is 1.00 bits per heavy atom. The highest BCUT2D eigenvalue weighted by molar-refractivity contribution is 5.94. The summed E-state index contributed by atoms with van der Waals surface area (Å²) in [6.45, 7) is 6.43. The molecule has 3 aromatic carbocycles. The summed E-state index contributed by atoms with van der Waals surface area (Å²) in [5.74, 6) is -1.96. The van der Waals surface area contributed by atoms with Crippen LogP contribution in [0.25, 0.3) is 10.8 Å². The number of rotatable bonds is 11. The Labute approximate surface area is 262 Å². The molecule has 0 aliphatic rings. The summed E-state index contributed by atoms with van der Waals surface area (Å²) < 4.78 is 43.5. The molecule has 0 spiro atoms. The fraction of sp³-hybridized carbons (Fsp3) is 0.250. The second-order valence-corrected chi connectivity index (χ2v) is 10.1. The van der Waals surface area contributed by atoms with Crippen molar-refractivity contribution in [3.63, 3.8) is 0 Å². The SMILES string of the molecule is CCOc1cc(C(Nc2ccc3c(N)nccc3c2)C(=O)NCc2cccc(C(N)=O)c2)ccc1OC(C)C.O=C(O)C(F)(F)F. The molecule has 2 amide bonds. The van der Waals surface area contributed by atoms with Crippen molar-refractivity contribution < 1.29 is 42.1 Å². The highest BCUT2D eigenvalue weighted by Gasteiger charge is 2.38. The van der Waals surface area contributed by atoms with Crippen LogP contribution in [0.3, 0.4) is 0 Å². The normalized spacial score (nSPS) is 11.6. The van der Waals surface area contributed by atoms with Gasteiger partial charge in [0, 0.05) is 29.4 Å². The van der Waals surface area contributed by atoms with Gasteiger partial charge in [0.25, 0.3) is 0 Å². The lowest BCUT2D eigenvalue weighted by atomic mass is 10.0. The molecule has 244 valence electrons. The maximum atomic E-state index is 13.6. The number of benzene rings is 3.